The summed E-state index contributed by atoms with van der Waals surface area (Å²) in [5.74, 6) is 0.269. The Morgan fingerprint density at radius 3 is 2.44 bits per heavy atom. The maximum atomic E-state index is 14.1. The zero-order valence-corrected chi connectivity index (χ0v) is 18.9. The number of halogens is 1. The highest BCUT2D eigenvalue weighted by atomic mass is 32.2. The predicted molar refractivity (Wildman–Crippen MR) is 126 cm³/mol. The summed E-state index contributed by atoms with van der Waals surface area (Å²) in [4.78, 5) is 21.8. The van der Waals surface area contributed by atoms with Gasteiger partial charge in [0.25, 0.3) is 0 Å². The molecule has 5 nitrogen and oxygen atoms in total. The smallest absolute Gasteiger partial charge is 0.233 e. The standard InChI is InChI=1S/C25H27FN4OS/c26-20-10-4-6-12-22(20)28-14-16-29(17-15-28)24(31)18-32-25-27-21-11-5-7-13-23(21)30(25)19-8-2-1-3-9-19/h1-4,6,8-10,12H,5,7,11,13-18H2. The number of benzene rings is 2. The topological polar surface area (TPSA) is 41.4 Å². The number of aryl methyl sites for hydroxylation is 1. The van der Waals surface area contributed by atoms with Crippen LogP contribution >= 0.6 is 11.8 Å². The van der Waals surface area contributed by atoms with E-state index in [-0.39, 0.29) is 11.7 Å². The zero-order valence-electron chi connectivity index (χ0n) is 18.0. The SMILES string of the molecule is O=C(CSc1nc2c(n1-c1ccccc1)CCCC2)N1CCN(c2ccccc2F)CC1. The van der Waals surface area contributed by atoms with Gasteiger partial charge < -0.3 is 9.80 Å². The van der Waals surface area contributed by atoms with Crippen molar-refractivity contribution >= 4 is 23.4 Å². The summed E-state index contributed by atoms with van der Waals surface area (Å²) in [5.41, 5.74) is 4.19. The van der Waals surface area contributed by atoms with E-state index in [0.717, 1.165) is 23.7 Å². The molecule has 1 aromatic heterocycles. The van der Waals surface area contributed by atoms with Crippen molar-refractivity contribution in [3.63, 3.8) is 0 Å². The molecule has 1 fully saturated rings. The highest BCUT2D eigenvalue weighted by molar-refractivity contribution is 7.99. The fourth-order valence-corrected chi connectivity index (χ4v) is 5.53. The number of carbonyl (C=O) groups excluding carboxylic acids is 1. The number of hydrogen-bond donors (Lipinski definition) is 0. The number of para-hydroxylation sites is 2. The van der Waals surface area contributed by atoms with Crippen molar-refractivity contribution in [2.24, 2.45) is 0 Å². The number of anilines is 1. The van der Waals surface area contributed by atoms with Gasteiger partial charge in [-0.1, -0.05) is 42.1 Å². The molecule has 1 aliphatic carbocycles. The number of piperazine rings is 1. The third-order valence-electron chi connectivity index (χ3n) is 6.27. The van der Waals surface area contributed by atoms with Crippen LogP contribution in [0.15, 0.2) is 59.8 Å². The Bertz CT molecular complexity index is 1090. The maximum Gasteiger partial charge on any atom is 0.233 e. The van der Waals surface area contributed by atoms with Gasteiger partial charge in [-0.05, 0) is 49.9 Å². The highest BCUT2D eigenvalue weighted by Crippen LogP contribution is 2.31. The number of nitrogens with zero attached hydrogens (tertiary/aromatic N) is 4. The molecule has 0 bridgehead atoms. The van der Waals surface area contributed by atoms with Gasteiger partial charge in [0.2, 0.25) is 5.91 Å². The van der Waals surface area contributed by atoms with Gasteiger partial charge in [0.05, 0.1) is 17.1 Å². The van der Waals surface area contributed by atoms with Crippen LogP contribution in [0.1, 0.15) is 24.2 Å². The second kappa shape index (κ2) is 9.36. The number of aromatic nitrogens is 2. The average Bonchev–Trinajstić information content (AvgIpc) is 3.22. The van der Waals surface area contributed by atoms with Gasteiger partial charge in [-0.2, -0.15) is 0 Å². The van der Waals surface area contributed by atoms with Gasteiger partial charge in [0.1, 0.15) is 5.82 Å². The number of rotatable bonds is 5. The third-order valence-corrected chi connectivity index (χ3v) is 7.19. The lowest BCUT2D eigenvalue weighted by molar-refractivity contribution is -0.128. The van der Waals surface area contributed by atoms with Crippen molar-refractivity contribution in [1.82, 2.24) is 14.5 Å². The van der Waals surface area contributed by atoms with Crippen LogP contribution in [0.2, 0.25) is 0 Å². The van der Waals surface area contributed by atoms with Crippen LogP contribution in [-0.4, -0.2) is 52.3 Å². The normalized spacial score (nSPS) is 16.2. The maximum absolute atomic E-state index is 14.1. The Kier molecular flexibility index (Phi) is 6.17. The molecule has 32 heavy (non-hydrogen) atoms. The molecule has 0 unspecified atom stereocenters. The summed E-state index contributed by atoms with van der Waals surface area (Å²) in [6, 6.07) is 17.1. The lowest BCUT2D eigenvalue weighted by Gasteiger charge is -2.36. The monoisotopic (exact) mass is 450 g/mol. The van der Waals surface area contributed by atoms with Gasteiger partial charge in [-0.15, -0.1) is 0 Å². The predicted octanol–water partition coefficient (Wildman–Crippen LogP) is 4.33. The van der Waals surface area contributed by atoms with E-state index in [0.29, 0.717) is 37.6 Å². The Morgan fingerprint density at radius 2 is 1.66 bits per heavy atom. The summed E-state index contributed by atoms with van der Waals surface area (Å²) < 4.78 is 16.3. The van der Waals surface area contributed by atoms with Crippen LogP contribution in [-0.2, 0) is 17.6 Å². The molecule has 7 heteroatoms. The minimum Gasteiger partial charge on any atom is -0.366 e. The molecule has 0 saturated carbocycles. The molecule has 2 heterocycles. The first-order valence-electron chi connectivity index (χ1n) is 11.3. The van der Waals surface area contributed by atoms with Crippen LogP contribution < -0.4 is 4.90 Å². The fraction of sp³-hybridized carbons (Fsp3) is 0.360. The molecule has 2 aromatic carbocycles. The zero-order chi connectivity index (χ0) is 21.9. The first-order valence-corrected chi connectivity index (χ1v) is 12.3. The van der Waals surface area contributed by atoms with Gasteiger partial charge in [-0.3, -0.25) is 9.36 Å². The molecule has 0 N–H and O–H groups in total. The molecule has 0 spiro atoms. The molecule has 5 rings (SSSR count). The number of thioether (sulfide) groups is 1. The highest BCUT2D eigenvalue weighted by Gasteiger charge is 2.25. The van der Waals surface area contributed by atoms with E-state index in [2.05, 4.69) is 16.7 Å². The summed E-state index contributed by atoms with van der Waals surface area (Å²) in [5, 5.41) is 0.904. The summed E-state index contributed by atoms with van der Waals surface area (Å²) in [6.07, 6.45) is 4.40. The van der Waals surface area contributed by atoms with E-state index < -0.39 is 0 Å². The fourth-order valence-electron chi connectivity index (χ4n) is 4.58. The first kappa shape index (κ1) is 21.1. The van der Waals surface area contributed by atoms with Gasteiger partial charge in [0.15, 0.2) is 5.16 Å². The van der Waals surface area contributed by atoms with Crippen molar-refractivity contribution in [3.8, 4) is 5.69 Å². The number of carbonyl (C=O) groups is 1. The van der Waals surface area contributed by atoms with Gasteiger partial charge >= 0.3 is 0 Å². The van der Waals surface area contributed by atoms with Crippen molar-refractivity contribution < 1.29 is 9.18 Å². The van der Waals surface area contributed by atoms with E-state index in [1.165, 1.54) is 42.1 Å². The molecule has 166 valence electrons. The first-order chi connectivity index (χ1) is 15.7. The second-order valence-corrected chi connectivity index (χ2v) is 9.22. The van der Waals surface area contributed by atoms with Crippen LogP contribution in [0.5, 0.6) is 0 Å². The number of imidazole rings is 1. The molecular weight excluding hydrogens is 423 g/mol. The lowest BCUT2D eigenvalue weighted by atomic mass is 10.0. The molecular formula is C25H27FN4OS. The summed E-state index contributed by atoms with van der Waals surface area (Å²) in [6.45, 7) is 2.50. The second-order valence-electron chi connectivity index (χ2n) is 8.27. The largest absolute Gasteiger partial charge is 0.366 e. The lowest BCUT2D eigenvalue weighted by Crippen LogP contribution is -2.49. The van der Waals surface area contributed by atoms with Crippen molar-refractivity contribution in [3.05, 3.63) is 71.8 Å². The van der Waals surface area contributed by atoms with Crippen LogP contribution in [0.4, 0.5) is 10.1 Å². The Hall–Kier alpha value is -2.80. The van der Waals surface area contributed by atoms with E-state index in [1.807, 2.05) is 34.1 Å². The molecule has 1 amide bonds. The summed E-state index contributed by atoms with van der Waals surface area (Å²) >= 11 is 1.52. The van der Waals surface area contributed by atoms with E-state index in [9.17, 15) is 9.18 Å². The third kappa shape index (κ3) is 4.26. The molecule has 0 atom stereocenters. The molecule has 3 aromatic rings. The Labute approximate surface area is 192 Å². The number of amides is 1. The Balaban J connectivity index is 1.25. The molecule has 2 aliphatic rings. The van der Waals surface area contributed by atoms with Gasteiger partial charge in [-0.25, -0.2) is 9.37 Å². The van der Waals surface area contributed by atoms with Crippen molar-refractivity contribution in [1.29, 1.82) is 0 Å². The van der Waals surface area contributed by atoms with Crippen LogP contribution in [0, 0.1) is 5.82 Å². The van der Waals surface area contributed by atoms with E-state index in [1.54, 1.807) is 12.1 Å². The molecule has 0 radical (unpaired) electrons. The minimum absolute atomic E-state index is 0.115. The summed E-state index contributed by atoms with van der Waals surface area (Å²) in [7, 11) is 0. The van der Waals surface area contributed by atoms with Gasteiger partial charge in [0, 0.05) is 37.6 Å². The molecule has 1 aliphatic heterocycles. The van der Waals surface area contributed by atoms with Crippen LogP contribution in [0.3, 0.4) is 0 Å². The van der Waals surface area contributed by atoms with Crippen LogP contribution in [0.25, 0.3) is 5.69 Å². The minimum atomic E-state index is -0.209. The quantitative estimate of drug-likeness (QED) is 0.543. The van der Waals surface area contributed by atoms with Crippen molar-refractivity contribution in [2.75, 3.05) is 36.8 Å². The number of hydrogen-bond acceptors (Lipinski definition) is 4. The van der Waals surface area contributed by atoms with E-state index in [4.69, 9.17) is 4.98 Å². The van der Waals surface area contributed by atoms with E-state index >= 15 is 0 Å². The molecule has 1 saturated heterocycles. The average molecular weight is 451 g/mol. The number of fused-ring (bicyclic) bond motifs is 1. The van der Waals surface area contributed by atoms with Crippen molar-refractivity contribution in [2.45, 2.75) is 30.8 Å². The Morgan fingerprint density at radius 1 is 0.938 bits per heavy atom.